The van der Waals surface area contributed by atoms with Crippen LogP contribution in [-0.4, -0.2) is 17.6 Å². The first kappa shape index (κ1) is 9.16. The number of nitrogens with zero attached hydrogens (tertiary/aromatic N) is 1. The zero-order valence-electron chi connectivity index (χ0n) is 8.05. The molecule has 1 unspecified atom stereocenters. The van der Waals surface area contributed by atoms with E-state index in [0.29, 0.717) is 6.04 Å². The van der Waals surface area contributed by atoms with Crippen LogP contribution in [0.2, 0.25) is 0 Å². The topological polar surface area (TPSA) is 24.9 Å². The van der Waals surface area contributed by atoms with Crippen molar-refractivity contribution in [2.24, 2.45) is 0 Å². The van der Waals surface area contributed by atoms with E-state index < -0.39 is 0 Å². The molecule has 2 nitrogen and oxygen atoms in total. The fourth-order valence-corrected chi connectivity index (χ4v) is 2.48. The summed E-state index contributed by atoms with van der Waals surface area (Å²) in [6.45, 7) is 3.26. The fraction of sp³-hybridized carbons (Fsp3) is 0.700. The second kappa shape index (κ2) is 4.20. The number of piperidine rings is 1. The lowest BCUT2D eigenvalue weighted by atomic mass is 10.0. The molecule has 0 bridgehead atoms. The maximum absolute atomic E-state index is 4.48. The van der Waals surface area contributed by atoms with Crippen LogP contribution >= 0.6 is 11.3 Å². The molecule has 1 aliphatic heterocycles. The molecule has 0 spiro atoms. The Bertz CT molecular complexity index is 264. The van der Waals surface area contributed by atoms with Gasteiger partial charge in [0.1, 0.15) is 0 Å². The SMILES string of the molecule is Cc1nc(CC2CCCCN2)cs1. The van der Waals surface area contributed by atoms with E-state index in [1.807, 2.05) is 0 Å². The van der Waals surface area contributed by atoms with Crippen LogP contribution in [0.5, 0.6) is 0 Å². The van der Waals surface area contributed by atoms with Crippen molar-refractivity contribution in [2.45, 2.75) is 38.6 Å². The van der Waals surface area contributed by atoms with Crippen molar-refractivity contribution in [3.05, 3.63) is 16.1 Å². The summed E-state index contributed by atoms with van der Waals surface area (Å²) in [7, 11) is 0. The minimum atomic E-state index is 0.676. The van der Waals surface area contributed by atoms with Gasteiger partial charge >= 0.3 is 0 Å². The molecular weight excluding hydrogens is 180 g/mol. The third-order valence-corrected chi connectivity index (χ3v) is 3.36. The number of thiazole rings is 1. The normalized spacial score (nSPS) is 23.3. The van der Waals surface area contributed by atoms with Gasteiger partial charge in [-0.05, 0) is 26.3 Å². The first-order valence-corrected chi connectivity index (χ1v) is 5.87. The highest BCUT2D eigenvalue weighted by Gasteiger charge is 2.13. The van der Waals surface area contributed by atoms with Crippen molar-refractivity contribution in [2.75, 3.05) is 6.54 Å². The number of rotatable bonds is 2. The lowest BCUT2D eigenvalue weighted by molar-refractivity contribution is 0.397. The molecule has 0 radical (unpaired) electrons. The molecule has 1 aliphatic rings. The molecule has 1 fully saturated rings. The summed E-state index contributed by atoms with van der Waals surface area (Å²) in [5.41, 5.74) is 1.27. The first-order chi connectivity index (χ1) is 6.34. The number of hydrogen-bond donors (Lipinski definition) is 1. The summed E-state index contributed by atoms with van der Waals surface area (Å²) in [5, 5.41) is 6.91. The third-order valence-electron chi connectivity index (χ3n) is 2.53. The van der Waals surface area contributed by atoms with Crippen LogP contribution in [0.15, 0.2) is 5.38 Å². The zero-order chi connectivity index (χ0) is 9.10. The predicted molar refractivity (Wildman–Crippen MR) is 56.2 cm³/mol. The van der Waals surface area contributed by atoms with Gasteiger partial charge in [0.25, 0.3) is 0 Å². The average Bonchev–Trinajstić information content (AvgIpc) is 2.53. The first-order valence-electron chi connectivity index (χ1n) is 4.99. The second-order valence-corrected chi connectivity index (χ2v) is 4.77. The number of nitrogens with one attached hydrogen (secondary N) is 1. The summed E-state index contributed by atoms with van der Waals surface area (Å²) in [4.78, 5) is 4.48. The maximum atomic E-state index is 4.48. The smallest absolute Gasteiger partial charge is 0.0897 e. The van der Waals surface area contributed by atoms with E-state index in [4.69, 9.17) is 0 Å². The van der Waals surface area contributed by atoms with Crippen molar-refractivity contribution < 1.29 is 0 Å². The molecule has 72 valence electrons. The summed E-state index contributed by atoms with van der Waals surface area (Å²) in [6.07, 6.45) is 5.15. The Morgan fingerprint density at radius 1 is 1.62 bits per heavy atom. The van der Waals surface area contributed by atoms with E-state index in [1.165, 1.54) is 36.5 Å². The van der Waals surface area contributed by atoms with Crippen molar-refractivity contribution in [1.29, 1.82) is 0 Å². The van der Waals surface area contributed by atoms with Crippen molar-refractivity contribution in [3.63, 3.8) is 0 Å². The monoisotopic (exact) mass is 196 g/mol. The van der Waals surface area contributed by atoms with Gasteiger partial charge in [-0.1, -0.05) is 6.42 Å². The predicted octanol–water partition coefficient (Wildman–Crippen LogP) is 2.14. The van der Waals surface area contributed by atoms with Crippen LogP contribution in [0.4, 0.5) is 0 Å². The van der Waals surface area contributed by atoms with Crippen LogP contribution < -0.4 is 5.32 Å². The molecule has 1 atom stereocenters. The summed E-state index contributed by atoms with van der Waals surface area (Å²) >= 11 is 1.75. The van der Waals surface area contributed by atoms with Crippen LogP contribution in [0, 0.1) is 6.92 Å². The summed E-state index contributed by atoms with van der Waals surface area (Å²) < 4.78 is 0. The van der Waals surface area contributed by atoms with E-state index in [1.54, 1.807) is 11.3 Å². The van der Waals surface area contributed by atoms with Gasteiger partial charge < -0.3 is 5.32 Å². The standard InChI is InChI=1S/C10H16N2S/c1-8-12-10(7-13-8)6-9-4-2-3-5-11-9/h7,9,11H,2-6H2,1H3. The molecule has 3 heteroatoms. The van der Waals surface area contributed by atoms with Crippen LogP contribution in [0.25, 0.3) is 0 Å². The third kappa shape index (κ3) is 2.51. The Morgan fingerprint density at radius 3 is 3.15 bits per heavy atom. The Morgan fingerprint density at radius 2 is 2.54 bits per heavy atom. The lowest BCUT2D eigenvalue weighted by Gasteiger charge is -2.22. The van der Waals surface area contributed by atoms with E-state index in [-0.39, 0.29) is 0 Å². The van der Waals surface area contributed by atoms with Crippen LogP contribution in [0.3, 0.4) is 0 Å². The fourth-order valence-electron chi connectivity index (χ4n) is 1.85. The molecule has 0 amide bonds. The number of aryl methyl sites for hydroxylation is 1. The maximum Gasteiger partial charge on any atom is 0.0897 e. The Balaban J connectivity index is 1.89. The van der Waals surface area contributed by atoms with E-state index in [9.17, 15) is 0 Å². The highest BCUT2D eigenvalue weighted by atomic mass is 32.1. The summed E-state index contributed by atoms with van der Waals surface area (Å²) in [6, 6.07) is 0.676. The Hall–Kier alpha value is -0.410. The molecule has 1 N–H and O–H groups in total. The van der Waals surface area contributed by atoms with Crippen LogP contribution in [-0.2, 0) is 6.42 Å². The average molecular weight is 196 g/mol. The highest BCUT2D eigenvalue weighted by molar-refractivity contribution is 7.09. The quantitative estimate of drug-likeness (QED) is 0.784. The Kier molecular flexibility index (Phi) is 2.96. The number of hydrogen-bond acceptors (Lipinski definition) is 3. The van der Waals surface area contributed by atoms with E-state index in [2.05, 4.69) is 22.6 Å². The lowest BCUT2D eigenvalue weighted by Crippen LogP contribution is -2.35. The van der Waals surface area contributed by atoms with Gasteiger partial charge in [-0.15, -0.1) is 11.3 Å². The summed E-state index contributed by atoms with van der Waals surface area (Å²) in [5.74, 6) is 0. The van der Waals surface area contributed by atoms with Gasteiger partial charge in [-0.25, -0.2) is 4.98 Å². The number of aromatic nitrogens is 1. The van der Waals surface area contributed by atoms with Gasteiger partial charge in [0.2, 0.25) is 0 Å². The van der Waals surface area contributed by atoms with Crippen LogP contribution in [0.1, 0.15) is 30.0 Å². The minimum absolute atomic E-state index is 0.676. The highest BCUT2D eigenvalue weighted by Crippen LogP contribution is 2.14. The van der Waals surface area contributed by atoms with Gasteiger partial charge in [0.15, 0.2) is 0 Å². The zero-order valence-corrected chi connectivity index (χ0v) is 8.86. The van der Waals surface area contributed by atoms with Gasteiger partial charge in [0.05, 0.1) is 10.7 Å². The molecule has 1 aromatic rings. The largest absolute Gasteiger partial charge is 0.314 e. The van der Waals surface area contributed by atoms with Gasteiger partial charge in [-0.2, -0.15) is 0 Å². The molecule has 2 rings (SSSR count). The van der Waals surface area contributed by atoms with Crippen molar-refractivity contribution >= 4 is 11.3 Å². The molecule has 0 aromatic carbocycles. The minimum Gasteiger partial charge on any atom is -0.314 e. The van der Waals surface area contributed by atoms with Gasteiger partial charge in [0, 0.05) is 17.8 Å². The molecular formula is C10H16N2S. The molecule has 0 saturated carbocycles. The second-order valence-electron chi connectivity index (χ2n) is 3.71. The molecule has 1 saturated heterocycles. The molecule has 2 heterocycles. The van der Waals surface area contributed by atoms with Gasteiger partial charge in [-0.3, -0.25) is 0 Å². The molecule has 1 aromatic heterocycles. The van der Waals surface area contributed by atoms with E-state index >= 15 is 0 Å². The van der Waals surface area contributed by atoms with Crippen molar-refractivity contribution in [1.82, 2.24) is 10.3 Å². The van der Waals surface area contributed by atoms with Crippen molar-refractivity contribution in [3.8, 4) is 0 Å². The van der Waals surface area contributed by atoms with E-state index in [0.717, 1.165) is 6.42 Å². The molecule has 13 heavy (non-hydrogen) atoms. The Labute approximate surface area is 83.4 Å². The molecule has 0 aliphatic carbocycles.